The highest BCUT2D eigenvalue weighted by atomic mass is 16.5. The summed E-state index contributed by atoms with van der Waals surface area (Å²) in [5, 5.41) is 11.2. The zero-order valence-electron chi connectivity index (χ0n) is 16.7. The molecule has 3 aromatic carbocycles. The molecule has 6 nitrogen and oxygen atoms in total. The van der Waals surface area contributed by atoms with Gasteiger partial charge in [-0.3, -0.25) is 9.59 Å². The number of nitrogens with one attached hydrogen (secondary N) is 3. The van der Waals surface area contributed by atoms with Gasteiger partial charge in [-0.1, -0.05) is 30.3 Å². The zero-order valence-corrected chi connectivity index (χ0v) is 16.7. The molecule has 1 atom stereocenters. The number of rotatable bonds is 7. The van der Waals surface area contributed by atoms with Crippen molar-refractivity contribution in [2.75, 3.05) is 30.3 Å². The van der Waals surface area contributed by atoms with Crippen molar-refractivity contribution in [2.45, 2.75) is 18.9 Å². The maximum Gasteiger partial charge on any atom is 0.251 e. The average Bonchev–Trinajstić information content (AvgIpc) is 3.30. The summed E-state index contributed by atoms with van der Waals surface area (Å²) in [4.78, 5) is 24.5. The Morgan fingerprint density at radius 3 is 2.47 bits per heavy atom. The Balaban J connectivity index is 1.26. The van der Waals surface area contributed by atoms with Gasteiger partial charge in [0, 0.05) is 30.1 Å². The summed E-state index contributed by atoms with van der Waals surface area (Å²) in [6.07, 6.45) is 2.14. The maximum absolute atomic E-state index is 12.3. The highest BCUT2D eigenvalue weighted by Gasteiger charge is 2.16. The van der Waals surface area contributed by atoms with Crippen LogP contribution in [0.2, 0.25) is 0 Å². The third-order valence-electron chi connectivity index (χ3n) is 5.15. The third-order valence-corrected chi connectivity index (χ3v) is 5.15. The predicted molar refractivity (Wildman–Crippen MR) is 119 cm³/mol. The lowest BCUT2D eigenvalue weighted by molar-refractivity contribution is -0.114. The molecule has 0 spiro atoms. The van der Waals surface area contributed by atoms with Gasteiger partial charge in [0.2, 0.25) is 5.91 Å². The van der Waals surface area contributed by atoms with Gasteiger partial charge in [-0.05, 0) is 60.0 Å². The molecule has 1 aliphatic rings. The van der Waals surface area contributed by atoms with Crippen LogP contribution in [-0.2, 0) is 9.53 Å². The molecule has 1 saturated heterocycles. The van der Waals surface area contributed by atoms with Crippen LogP contribution in [0.3, 0.4) is 0 Å². The van der Waals surface area contributed by atoms with Gasteiger partial charge >= 0.3 is 0 Å². The number of carbonyl (C=O) groups excluding carboxylic acids is 2. The maximum atomic E-state index is 12.3. The van der Waals surface area contributed by atoms with Gasteiger partial charge in [-0.15, -0.1) is 0 Å². The molecule has 0 aliphatic carbocycles. The van der Waals surface area contributed by atoms with Gasteiger partial charge in [0.15, 0.2) is 0 Å². The fourth-order valence-corrected chi connectivity index (χ4v) is 3.51. The first-order valence-electron chi connectivity index (χ1n) is 10.2. The Hall–Kier alpha value is -3.38. The second-order valence-corrected chi connectivity index (χ2v) is 7.39. The van der Waals surface area contributed by atoms with E-state index < -0.39 is 0 Å². The average molecular weight is 403 g/mol. The van der Waals surface area contributed by atoms with Crippen molar-refractivity contribution in [2.24, 2.45) is 0 Å². The fourth-order valence-electron chi connectivity index (χ4n) is 3.51. The normalized spacial score (nSPS) is 15.7. The van der Waals surface area contributed by atoms with Gasteiger partial charge in [-0.2, -0.15) is 0 Å². The molecular formula is C24H25N3O3. The van der Waals surface area contributed by atoms with E-state index in [1.165, 1.54) is 0 Å². The van der Waals surface area contributed by atoms with Crippen molar-refractivity contribution in [3.63, 3.8) is 0 Å². The molecular weight excluding hydrogens is 378 g/mol. The van der Waals surface area contributed by atoms with Crippen LogP contribution in [0.25, 0.3) is 10.8 Å². The van der Waals surface area contributed by atoms with Crippen LogP contribution in [0.15, 0.2) is 66.7 Å². The molecule has 3 N–H and O–H groups in total. The number of hydrogen-bond acceptors (Lipinski definition) is 4. The fraction of sp³-hybridized carbons (Fsp3) is 0.250. The summed E-state index contributed by atoms with van der Waals surface area (Å²) in [5.74, 6) is -0.292. The first-order valence-corrected chi connectivity index (χ1v) is 10.2. The monoisotopic (exact) mass is 403 g/mol. The van der Waals surface area contributed by atoms with Gasteiger partial charge in [0.25, 0.3) is 5.91 Å². The Morgan fingerprint density at radius 2 is 1.70 bits per heavy atom. The molecule has 6 heteroatoms. The molecule has 30 heavy (non-hydrogen) atoms. The van der Waals surface area contributed by atoms with Crippen LogP contribution in [0.4, 0.5) is 11.4 Å². The minimum atomic E-state index is -0.154. The summed E-state index contributed by atoms with van der Waals surface area (Å²) in [7, 11) is 0. The van der Waals surface area contributed by atoms with E-state index in [2.05, 4.69) is 22.0 Å². The van der Waals surface area contributed by atoms with Gasteiger partial charge < -0.3 is 20.7 Å². The summed E-state index contributed by atoms with van der Waals surface area (Å²) < 4.78 is 5.51. The smallest absolute Gasteiger partial charge is 0.251 e. The standard InChI is InChI=1S/C24H25N3O3/c28-23(16-25-21-12-7-17-4-1-2-5-19(17)14-21)27-20-10-8-18(9-11-20)24(29)26-15-22-6-3-13-30-22/h1-2,4-5,7-12,14,22,25H,3,6,13,15-16H2,(H,26,29)(H,27,28). The molecule has 0 aromatic heterocycles. The van der Waals surface area contributed by atoms with Crippen LogP contribution in [0, 0.1) is 0 Å². The van der Waals surface area contributed by atoms with E-state index in [-0.39, 0.29) is 24.5 Å². The van der Waals surface area contributed by atoms with Crippen molar-refractivity contribution in [3.8, 4) is 0 Å². The summed E-state index contributed by atoms with van der Waals surface area (Å²) in [6, 6.07) is 21.0. The molecule has 2 amide bonds. The molecule has 154 valence electrons. The van der Waals surface area contributed by atoms with Crippen LogP contribution >= 0.6 is 0 Å². The number of anilines is 2. The van der Waals surface area contributed by atoms with E-state index in [4.69, 9.17) is 4.74 Å². The minimum Gasteiger partial charge on any atom is -0.376 e. The molecule has 1 aliphatic heterocycles. The van der Waals surface area contributed by atoms with E-state index in [0.717, 1.165) is 35.9 Å². The Morgan fingerprint density at radius 1 is 0.933 bits per heavy atom. The van der Waals surface area contributed by atoms with E-state index in [1.807, 2.05) is 36.4 Å². The topological polar surface area (TPSA) is 79.5 Å². The first-order chi connectivity index (χ1) is 14.7. The van der Waals surface area contributed by atoms with Crippen LogP contribution in [0.1, 0.15) is 23.2 Å². The molecule has 1 fully saturated rings. The zero-order chi connectivity index (χ0) is 20.8. The lowest BCUT2D eigenvalue weighted by atomic mass is 10.1. The number of amides is 2. The van der Waals surface area contributed by atoms with E-state index >= 15 is 0 Å². The Bertz CT molecular complexity index is 1030. The number of benzene rings is 3. The second kappa shape index (κ2) is 9.41. The number of fused-ring (bicyclic) bond motifs is 1. The number of hydrogen-bond donors (Lipinski definition) is 3. The minimum absolute atomic E-state index is 0.114. The molecule has 3 aromatic rings. The molecule has 0 bridgehead atoms. The Kier molecular flexibility index (Phi) is 6.25. The molecule has 0 saturated carbocycles. The third kappa shape index (κ3) is 5.15. The highest BCUT2D eigenvalue weighted by Crippen LogP contribution is 2.18. The summed E-state index contributed by atoms with van der Waals surface area (Å²) in [5.41, 5.74) is 2.10. The van der Waals surface area contributed by atoms with E-state index in [9.17, 15) is 9.59 Å². The van der Waals surface area contributed by atoms with Crippen LogP contribution < -0.4 is 16.0 Å². The van der Waals surface area contributed by atoms with Crippen molar-refractivity contribution in [3.05, 3.63) is 72.3 Å². The molecule has 4 rings (SSSR count). The Labute approximate surface area is 175 Å². The first kappa shape index (κ1) is 19.9. The number of carbonyl (C=O) groups is 2. The van der Waals surface area contributed by atoms with Crippen LogP contribution in [-0.4, -0.2) is 37.6 Å². The molecule has 1 heterocycles. The van der Waals surface area contributed by atoms with Crippen molar-refractivity contribution < 1.29 is 14.3 Å². The van der Waals surface area contributed by atoms with Crippen molar-refractivity contribution in [1.29, 1.82) is 0 Å². The van der Waals surface area contributed by atoms with Crippen molar-refractivity contribution >= 4 is 34.0 Å². The van der Waals surface area contributed by atoms with Crippen LogP contribution in [0.5, 0.6) is 0 Å². The van der Waals surface area contributed by atoms with E-state index in [0.29, 0.717) is 17.8 Å². The highest BCUT2D eigenvalue weighted by molar-refractivity contribution is 5.97. The lowest BCUT2D eigenvalue weighted by Crippen LogP contribution is -2.31. The largest absolute Gasteiger partial charge is 0.376 e. The van der Waals surface area contributed by atoms with Gasteiger partial charge in [0.05, 0.1) is 12.6 Å². The second-order valence-electron chi connectivity index (χ2n) is 7.39. The summed E-state index contributed by atoms with van der Waals surface area (Å²) >= 11 is 0. The summed E-state index contributed by atoms with van der Waals surface area (Å²) in [6.45, 7) is 1.45. The van der Waals surface area contributed by atoms with Gasteiger partial charge in [0.1, 0.15) is 0 Å². The molecule has 0 radical (unpaired) electrons. The SMILES string of the molecule is O=C(CNc1ccc2ccccc2c1)Nc1ccc(C(=O)NCC2CCCO2)cc1. The van der Waals surface area contributed by atoms with E-state index in [1.54, 1.807) is 24.3 Å². The predicted octanol–water partition coefficient (Wildman–Crippen LogP) is 3.80. The number of ether oxygens (including phenoxy) is 1. The molecule has 1 unspecified atom stereocenters. The lowest BCUT2D eigenvalue weighted by Gasteiger charge is -2.11. The quantitative estimate of drug-likeness (QED) is 0.561. The van der Waals surface area contributed by atoms with Gasteiger partial charge in [-0.25, -0.2) is 0 Å². The van der Waals surface area contributed by atoms with Crippen molar-refractivity contribution in [1.82, 2.24) is 5.32 Å².